The summed E-state index contributed by atoms with van der Waals surface area (Å²) in [6.45, 7) is 3.29. The lowest BCUT2D eigenvalue weighted by atomic mass is 10.0. The Morgan fingerprint density at radius 3 is 2.67 bits per heavy atom. The smallest absolute Gasteiger partial charge is 0.123 e. The Morgan fingerprint density at radius 2 is 1.94 bits per heavy atom. The van der Waals surface area contributed by atoms with E-state index in [0.717, 1.165) is 31.6 Å². The molecule has 0 bridgehead atoms. The number of rotatable bonds is 2. The zero-order chi connectivity index (χ0) is 12.4. The Balaban J connectivity index is 1.91. The normalized spacial score (nSPS) is 24.5. The summed E-state index contributed by atoms with van der Waals surface area (Å²) in [5.41, 5.74) is 2.41. The molecular weight excluding hydrogens is 227 g/mol. The second-order valence-electron chi connectivity index (χ2n) is 5.40. The molecule has 2 nitrogen and oxygen atoms in total. The number of nitrogens with one attached hydrogen (secondary N) is 1. The number of hydrogen-bond donors (Lipinski definition) is 1. The molecule has 0 aliphatic carbocycles. The van der Waals surface area contributed by atoms with E-state index < -0.39 is 0 Å². The van der Waals surface area contributed by atoms with Gasteiger partial charge in [0.15, 0.2) is 0 Å². The molecule has 0 radical (unpaired) electrons. The second kappa shape index (κ2) is 5.27. The fraction of sp³-hybridized carbons (Fsp3) is 0.600. The molecule has 2 saturated heterocycles. The van der Waals surface area contributed by atoms with E-state index in [-0.39, 0.29) is 5.82 Å². The lowest BCUT2D eigenvalue weighted by Gasteiger charge is -2.32. The van der Waals surface area contributed by atoms with Crippen molar-refractivity contribution in [2.45, 2.75) is 38.1 Å². The summed E-state index contributed by atoms with van der Waals surface area (Å²) in [6, 6.07) is 5.64. The summed E-state index contributed by atoms with van der Waals surface area (Å²) in [7, 11) is 0. The van der Waals surface area contributed by atoms with Gasteiger partial charge in [-0.05, 0) is 62.4 Å². The van der Waals surface area contributed by atoms with Crippen molar-refractivity contribution in [1.29, 1.82) is 0 Å². The van der Waals surface area contributed by atoms with Gasteiger partial charge in [0.25, 0.3) is 0 Å². The van der Waals surface area contributed by atoms with E-state index in [2.05, 4.69) is 10.2 Å². The molecule has 0 spiro atoms. The molecule has 1 aromatic carbocycles. The highest BCUT2D eigenvalue weighted by Gasteiger charge is 2.23. The van der Waals surface area contributed by atoms with Gasteiger partial charge in [0.05, 0.1) is 0 Å². The van der Waals surface area contributed by atoms with Gasteiger partial charge in [-0.2, -0.15) is 0 Å². The lowest BCUT2D eigenvalue weighted by molar-refractivity contribution is 0.565. The third kappa shape index (κ3) is 2.37. The SMILES string of the molecule is Fc1ccc(N2CCCCC2)c(C2CCCN2)c1. The van der Waals surface area contributed by atoms with Gasteiger partial charge >= 0.3 is 0 Å². The highest BCUT2D eigenvalue weighted by atomic mass is 19.1. The van der Waals surface area contributed by atoms with Crippen molar-refractivity contribution in [2.75, 3.05) is 24.5 Å². The van der Waals surface area contributed by atoms with Gasteiger partial charge in [-0.3, -0.25) is 0 Å². The fourth-order valence-electron chi connectivity index (χ4n) is 3.18. The summed E-state index contributed by atoms with van der Waals surface area (Å²) in [5.74, 6) is -0.112. The molecule has 1 atom stereocenters. The van der Waals surface area contributed by atoms with Gasteiger partial charge in [-0.15, -0.1) is 0 Å². The Morgan fingerprint density at radius 1 is 1.11 bits per heavy atom. The van der Waals surface area contributed by atoms with Crippen LogP contribution < -0.4 is 10.2 Å². The highest BCUT2D eigenvalue weighted by molar-refractivity contribution is 5.55. The first-order chi connectivity index (χ1) is 8.84. The van der Waals surface area contributed by atoms with Gasteiger partial charge < -0.3 is 10.2 Å². The van der Waals surface area contributed by atoms with Crippen molar-refractivity contribution < 1.29 is 4.39 Å². The van der Waals surface area contributed by atoms with Gasteiger partial charge in [0.2, 0.25) is 0 Å². The van der Waals surface area contributed by atoms with Crippen LogP contribution in [-0.2, 0) is 0 Å². The van der Waals surface area contributed by atoms with Gasteiger partial charge in [-0.25, -0.2) is 4.39 Å². The van der Waals surface area contributed by atoms with Crippen LogP contribution in [-0.4, -0.2) is 19.6 Å². The molecule has 1 aromatic rings. The summed E-state index contributed by atoms with van der Waals surface area (Å²) >= 11 is 0. The first kappa shape index (κ1) is 12.0. The van der Waals surface area contributed by atoms with Crippen LogP contribution >= 0.6 is 0 Å². The minimum absolute atomic E-state index is 0.112. The fourth-order valence-corrected chi connectivity index (χ4v) is 3.18. The highest BCUT2D eigenvalue weighted by Crippen LogP contribution is 2.33. The number of hydrogen-bond acceptors (Lipinski definition) is 2. The van der Waals surface area contributed by atoms with Crippen LogP contribution in [0.4, 0.5) is 10.1 Å². The van der Waals surface area contributed by atoms with Crippen LogP contribution in [0.15, 0.2) is 18.2 Å². The summed E-state index contributed by atoms with van der Waals surface area (Å²) in [6.07, 6.45) is 6.17. The van der Waals surface area contributed by atoms with Gasteiger partial charge in [0, 0.05) is 24.8 Å². The van der Waals surface area contributed by atoms with E-state index in [4.69, 9.17) is 0 Å². The molecule has 2 heterocycles. The molecule has 0 amide bonds. The average molecular weight is 248 g/mol. The quantitative estimate of drug-likeness (QED) is 0.864. The van der Waals surface area contributed by atoms with Crippen molar-refractivity contribution in [2.24, 2.45) is 0 Å². The zero-order valence-corrected chi connectivity index (χ0v) is 10.8. The predicted molar refractivity (Wildman–Crippen MR) is 72.4 cm³/mol. The molecule has 0 saturated carbocycles. The van der Waals surface area contributed by atoms with Crippen molar-refractivity contribution in [3.8, 4) is 0 Å². The number of nitrogens with zero attached hydrogens (tertiary/aromatic N) is 1. The second-order valence-corrected chi connectivity index (χ2v) is 5.40. The third-order valence-corrected chi connectivity index (χ3v) is 4.12. The first-order valence-corrected chi connectivity index (χ1v) is 7.12. The Hall–Kier alpha value is -1.09. The molecule has 2 fully saturated rings. The maximum absolute atomic E-state index is 13.5. The summed E-state index contributed by atoms with van der Waals surface area (Å²) in [4.78, 5) is 2.43. The standard InChI is InChI=1S/C15H21FN2/c16-12-6-7-15(18-9-2-1-3-10-18)13(11-12)14-5-4-8-17-14/h6-7,11,14,17H,1-5,8-10H2. The number of benzene rings is 1. The molecule has 2 aliphatic heterocycles. The average Bonchev–Trinajstić information content (AvgIpc) is 2.93. The van der Waals surface area contributed by atoms with Crippen LogP contribution in [0.1, 0.15) is 43.7 Å². The maximum Gasteiger partial charge on any atom is 0.123 e. The Labute approximate surface area is 108 Å². The maximum atomic E-state index is 13.5. The number of halogens is 1. The molecule has 0 aromatic heterocycles. The van der Waals surface area contributed by atoms with Crippen molar-refractivity contribution in [3.05, 3.63) is 29.6 Å². The van der Waals surface area contributed by atoms with Crippen LogP contribution in [0.25, 0.3) is 0 Å². The minimum Gasteiger partial charge on any atom is -0.371 e. The molecule has 98 valence electrons. The molecule has 1 unspecified atom stereocenters. The molecule has 18 heavy (non-hydrogen) atoms. The zero-order valence-electron chi connectivity index (χ0n) is 10.8. The van der Waals surface area contributed by atoms with E-state index in [0.29, 0.717) is 6.04 Å². The topological polar surface area (TPSA) is 15.3 Å². The van der Waals surface area contributed by atoms with Crippen LogP contribution in [0.5, 0.6) is 0 Å². The largest absolute Gasteiger partial charge is 0.371 e. The van der Waals surface area contributed by atoms with Gasteiger partial charge in [0.1, 0.15) is 5.82 Å². The van der Waals surface area contributed by atoms with E-state index >= 15 is 0 Å². The molecular formula is C15H21FN2. The minimum atomic E-state index is -0.112. The van der Waals surface area contributed by atoms with E-state index in [1.54, 1.807) is 12.1 Å². The number of anilines is 1. The summed E-state index contributed by atoms with van der Waals surface area (Å²) < 4.78 is 13.5. The Kier molecular flexibility index (Phi) is 3.50. The lowest BCUT2D eigenvalue weighted by Crippen LogP contribution is -2.31. The first-order valence-electron chi connectivity index (χ1n) is 7.12. The molecule has 1 N–H and O–H groups in total. The van der Waals surface area contributed by atoms with Crippen LogP contribution in [0.2, 0.25) is 0 Å². The van der Waals surface area contributed by atoms with Crippen LogP contribution in [0, 0.1) is 5.82 Å². The van der Waals surface area contributed by atoms with E-state index in [1.807, 2.05) is 6.07 Å². The Bertz CT molecular complexity index is 407. The van der Waals surface area contributed by atoms with E-state index in [1.165, 1.54) is 31.4 Å². The van der Waals surface area contributed by atoms with Crippen molar-refractivity contribution >= 4 is 5.69 Å². The molecule has 2 aliphatic rings. The van der Waals surface area contributed by atoms with Gasteiger partial charge in [-0.1, -0.05) is 0 Å². The molecule has 3 heteroatoms. The van der Waals surface area contributed by atoms with Crippen molar-refractivity contribution in [3.63, 3.8) is 0 Å². The van der Waals surface area contributed by atoms with Crippen molar-refractivity contribution in [1.82, 2.24) is 5.32 Å². The molecule has 3 rings (SSSR count). The van der Waals surface area contributed by atoms with E-state index in [9.17, 15) is 4.39 Å². The third-order valence-electron chi connectivity index (χ3n) is 4.12. The predicted octanol–water partition coefficient (Wildman–Crippen LogP) is 3.24. The monoisotopic (exact) mass is 248 g/mol. The summed E-state index contributed by atoms with van der Waals surface area (Å²) in [5, 5.41) is 3.49. The van der Waals surface area contributed by atoms with Crippen LogP contribution in [0.3, 0.4) is 0 Å². The number of piperidine rings is 1.